The quantitative estimate of drug-likeness (QED) is 0.274. The molecule has 38 heavy (non-hydrogen) atoms. The van der Waals surface area contributed by atoms with Gasteiger partial charge >= 0.3 is 6.09 Å². The third-order valence-electron chi connectivity index (χ3n) is 6.99. The van der Waals surface area contributed by atoms with Crippen molar-refractivity contribution in [3.63, 3.8) is 0 Å². The average molecular weight is 515 g/mol. The van der Waals surface area contributed by atoms with Crippen LogP contribution in [0.4, 0.5) is 16.2 Å². The van der Waals surface area contributed by atoms with Gasteiger partial charge in [-0.1, -0.05) is 42.5 Å². The van der Waals surface area contributed by atoms with Gasteiger partial charge in [0.05, 0.1) is 32.9 Å². The van der Waals surface area contributed by atoms with Gasteiger partial charge in [0.25, 0.3) is 0 Å². The molecular formula is C31H36N3O4+. The van der Waals surface area contributed by atoms with Crippen LogP contribution in [-0.2, 0) is 16.0 Å². The van der Waals surface area contributed by atoms with Gasteiger partial charge in [0.2, 0.25) is 5.91 Å². The standard InChI is InChI=1S/C31H35N3O4/c1-34(2)19-17-27(18-20-34)38-31(37)33-29-21-23(13-16-28(29)25-8-4-3-5-9-25)7-6-10-30(36)32-26-14-11-24(22-35)12-15-26/h3-5,8-9,11-16,21-22,27H,6-7,10,17-20H2,1-2H3,(H-,32,33,35,36,37)/p+1. The normalized spacial score (nSPS) is 14.9. The van der Waals surface area contributed by atoms with E-state index in [1.165, 1.54) is 0 Å². The summed E-state index contributed by atoms with van der Waals surface area (Å²) in [6.07, 6.45) is 3.68. The van der Waals surface area contributed by atoms with Crippen molar-refractivity contribution < 1.29 is 23.6 Å². The number of carbonyl (C=O) groups excluding carboxylic acids is 3. The second kappa shape index (κ2) is 12.5. The van der Waals surface area contributed by atoms with E-state index in [2.05, 4.69) is 24.7 Å². The fraction of sp³-hybridized carbons (Fsp3) is 0.323. The molecule has 0 aliphatic carbocycles. The Morgan fingerprint density at radius 1 is 0.947 bits per heavy atom. The third-order valence-corrected chi connectivity index (χ3v) is 6.99. The van der Waals surface area contributed by atoms with Crippen LogP contribution in [0.5, 0.6) is 0 Å². The number of hydrogen-bond donors (Lipinski definition) is 2. The van der Waals surface area contributed by atoms with Crippen molar-refractivity contribution >= 4 is 29.7 Å². The van der Waals surface area contributed by atoms with Gasteiger partial charge in [0, 0.05) is 36.1 Å². The van der Waals surface area contributed by atoms with Crippen molar-refractivity contribution in [1.82, 2.24) is 0 Å². The average Bonchev–Trinajstić information content (AvgIpc) is 2.91. The van der Waals surface area contributed by atoms with Gasteiger partial charge in [-0.25, -0.2) is 4.79 Å². The number of carbonyl (C=O) groups is 3. The van der Waals surface area contributed by atoms with Crippen LogP contribution in [0, 0.1) is 0 Å². The highest BCUT2D eigenvalue weighted by atomic mass is 16.6. The van der Waals surface area contributed by atoms with Crippen LogP contribution in [0.3, 0.4) is 0 Å². The molecule has 1 aliphatic rings. The van der Waals surface area contributed by atoms with Gasteiger partial charge in [-0.3, -0.25) is 14.9 Å². The van der Waals surface area contributed by atoms with Gasteiger partial charge in [-0.05, 0) is 54.3 Å². The van der Waals surface area contributed by atoms with Crippen molar-refractivity contribution in [2.24, 2.45) is 0 Å². The fourth-order valence-corrected chi connectivity index (χ4v) is 4.69. The lowest BCUT2D eigenvalue weighted by atomic mass is 9.99. The Labute approximate surface area is 224 Å². The number of piperidine rings is 1. The third kappa shape index (κ3) is 7.76. The number of ether oxygens (including phenoxy) is 1. The molecule has 7 nitrogen and oxygen atoms in total. The van der Waals surface area contributed by atoms with E-state index in [4.69, 9.17) is 4.74 Å². The number of nitrogens with zero attached hydrogens (tertiary/aromatic N) is 1. The molecule has 0 bridgehead atoms. The summed E-state index contributed by atoms with van der Waals surface area (Å²) in [6, 6.07) is 22.7. The first kappa shape index (κ1) is 27.1. The first-order valence-electron chi connectivity index (χ1n) is 13.1. The second-order valence-corrected chi connectivity index (χ2v) is 10.5. The number of benzene rings is 3. The van der Waals surface area contributed by atoms with Crippen LogP contribution in [-0.4, -0.2) is 56.1 Å². The molecule has 1 heterocycles. The Kier molecular flexibility index (Phi) is 8.92. The van der Waals surface area contributed by atoms with Crippen LogP contribution in [0.1, 0.15) is 41.6 Å². The summed E-state index contributed by atoms with van der Waals surface area (Å²) in [6.45, 7) is 1.97. The fourth-order valence-electron chi connectivity index (χ4n) is 4.69. The van der Waals surface area contributed by atoms with Crippen LogP contribution in [0.25, 0.3) is 11.1 Å². The van der Waals surface area contributed by atoms with Crippen molar-refractivity contribution in [1.29, 1.82) is 0 Å². The van der Waals surface area contributed by atoms with Gasteiger partial charge in [0.1, 0.15) is 12.4 Å². The van der Waals surface area contributed by atoms with E-state index in [1.807, 2.05) is 48.5 Å². The van der Waals surface area contributed by atoms with E-state index < -0.39 is 6.09 Å². The zero-order valence-corrected chi connectivity index (χ0v) is 22.1. The summed E-state index contributed by atoms with van der Waals surface area (Å²) in [4.78, 5) is 36.0. The number of likely N-dealkylation sites (tertiary alicyclic amines) is 1. The van der Waals surface area contributed by atoms with Gasteiger partial charge in [-0.2, -0.15) is 0 Å². The Bertz CT molecular complexity index is 1250. The SMILES string of the molecule is C[N+]1(C)CCC(OC(=O)Nc2cc(CCCC(=O)Nc3ccc(C=O)cc3)ccc2-c2ccccc2)CC1. The molecule has 3 aromatic rings. The second-order valence-electron chi connectivity index (χ2n) is 10.5. The predicted octanol–water partition coefficient (Wildman–Crippen LogP) is 5.91. The minimum absolute atomic E-state index is 0.0716. The Morgan fingerprint density at radius 3 is 2.34 bits per heavy atom. The molecule has 0 saturated carbocycles. The van der Waals surface area contributed by atoms with Crippen LogP contribution in [0.15, 0.2) is 72.8 Å². The molecule has 2 amide bonds. The van der Waals surface area contributed by atoms with Crippen molar-refractivity contribution in [3.05, 3.63) is 83.9 Å². The summed E-state index contributed by atoms with van der Waals surface area (Å²) >= 11 is 0. The molecule has 1 saturated heterocycles. The summed E-state index contributed by atoms with van der Waals surface area (Å²) in [5.74, 6) is -0.0824. The van der Waals surface area contributed by atoms with E-state index in [0.29, 0.717) is 36.2 Å². The number of quaternary nitrogens is 1. The van der Waals surface area contributed by atoms with Crippen molar-refractivity contribution in [2.75, 3.05) is 37.8 Å². The summed E-state index contributed by atoms with van der Waals surface area (Å²) < 4.78 is 6.72. The van der Waals surface area contributed by atoms with E-state index in [0.717, 1.165) is 53.4 Å². The number of aryl methyl sites for hydroxylation is 1. The first-order chi connectivity index (χ1) is 18.3. The van der Waals surface area contributed by atoms with Crippen molar-refractivity contribution in [3.8, 4) is 11.1 Å². The van der Waals surface area contributed by atoms with E-state index in [-0.39, 0.29) is 12.0 Å². The molecule has 0 radical (unpaired) electrons. The largest absolute Gasteiger partial charge is 0.446 e. The molecular weight excluding hydrogens is 478 g/mol. The molecule has 0 atom stereocenters. The molecule has 1 fully saturated rings. The Hall–Kier alpha value is -3.97. The van der Waals surface area contributed by atoms with Crippen LogP contribution < -0.4 is 10.6 Å². The monoisotopic (exact) mass is 514 g/mol. The Morgan fingerprint density at radius 2 is 1.66 bits per heavy atom. The molecule has 0 spiro atoms. The molecule has 0 aromatic heterocycles. The highest BCUT2D eigenvalue weighted by molar-refractivity contribution is 5.92. The number of anilines is 2. The molecule has 2 N–H and O–H groups in total. The number of nitrogens with one attached hydrogen (secondary N) is 2. The first-order valence-corrected chi connectivity index (χ1v) is 13.1. The number of aldehydes is 1. The molecule has 4 rings (SSSR count). The van der Waals surface area contributed by atoms with Gasteiger partial charge in [0.15, 0.2) is 0 Å². The molecule has 1 aliphatic heterocycles. The zero-order chi connectivity index (χ0) is 27.0. The lowest BCUT2D eigenvalue weighted by Crippen LogP contribution is -2.48. The van der Waals surface area contributed by atoms with E-state index >= 15 is 0 Å². The van der Waals surface area contributed by atoms with Gasteiger partial charge < -0.3 is 14.5 Å². The Balaban J connectivity index is 1.38. The summed E-state index contributed by atoms with van der Waals surface area (Å²) in [7, 11) is 4.40. The van der Waals surface area contributed by atoms with Crippen molar-refractivity contribution in [2.45, 2.75) is 38.2 Å². The number of amides is 2. The minimum atomic E-state index is -0.434. The highest BCUT2D eigenvalue weighted by Gasteiger charge is 2.28. The van der Waals surface area contributed by atoms with Crippen LogP contribution in [0.2, 0.25) is 0 Å². The maximum absolute atomic E-state index is 12.8. The predicted molar refractivity (Wildman–Crippen MR) is 150 cm³/mol. The minimum Gasteiger partial charge on any atom is -0.446 e. The molecule has 7 heteroatoms. The van der Waals surface area contributed by atoms with E-state index in [9.17, 15) is 14.4 Å². The van der Waals surface area contributed by atoms with Crippen LogP contribution >= 0.6 is 0 Å². The van der Waals surface area contributed by atoms with Gasteiger partial charge in [-0.15, -0.1) is 0 Å². The molecule has 198 valence electrons. The summed E-state index contributed by atoms with van der Waals surface area (Å²) in [5, 5.41) is 5.85. The lowest BCUT2D eigenvalue weighted by molar-refractivity contribution is -0.896. The summed E-state index contributed by atoms with van der Waals surface area (Å²) in [5.41, 5.74) is 4.89. The number of hydrogen-bond acceptors (Lipinski definition) is 4. The maximum atomic E-state index is 12.8. The highest BCUT2D eigenvalue weighted by Crippen LogP contribution is 2.30. The number of rotatable bonds is 9. The molecule has 0 unspecified atom stereocenters. The topological polar surface area (TPSA) is 84.5 Å². The molecule has 3 aromatic carbocycles. The smallest absolute Gasteiger partial charge is 0.411 e. The lowest BCUT2D eigenvalue weighted by Gasteiger charge is -2.36. The maximum Gasteiger partial charge on any atom is 0.411 e. The van der Waals surface area contributed by atoms with E-state index in [1.54, 1.807) is 24.3 Å². The zero-order valence-electron chi connectivity index (χ0n) is 22.1.